The Balaban J connectivity index is 1.37. The van der Waals surface area contributed by atoms with Gasteiger partial charge in [-0.25, -0.2) is 0 Å². The number of guanidine groups is 1. The van der Waals surface area contributed by atoms with Gasteiger partial charge in [0.25, 0.3) is 0 Å². The zero-order chi connectivity index (χ0) is 18.2. The standard InChI is InChI=1S/C20H30N6/c1-17-14-23-26(15-17)13-10-22-20(21-2)24-19-8-11-25(12-9-19)16-18-6-4-3-5-7-18/h3-7,14-15,19H,8-13,16H2,1-2H3,(H2,21,22,24). The number of aliphatic imine (C=N–C) groups is 1. The van der Waals surface area contributed by atoms with E-state index in [0.29, 0.717) is 6.04 Å². The number of benzene rings is 1. The molecule has 2 heterocycles. The molecule has 3 rings (SSSR count). The number of hydrogen-bond donors (Lipinski definition) is 2. The Morgan fingerprint density at radius 2 is 2.00 bits per heavy atom. The fourth-order valence-electron chi connectivity index (χ4n) is 3.34. The molecule has 1 fully saturated rings. The maximum absolute atomic E-state index is 4.36. The summed E-state index contributed by atoms with van der Waals surface area (Å²) >= 11 is 0. The Morgan fingerprint density at radius 3 is 2.65 bits per heavy atom. The van der Waals surface area contributed by atoms with Gasteiger partial charge in [-0.3, -0.25) is 14.6 Å². The van der Waals surface area contributed by atoms with Gasteiger partial charge in [0, 0.05) is 45.5 Å². The van der Waals surface area contributed by atoms with Crippen LogP contribution in [0.15, 0.2) is 47.7 Å². The topological polar surface area (TPSA) is 57.5 Å². The Bertz CT molecular complexity index is 685. The summed E-state index contributed by atoms with van der Waals surface area (Å²) in [5.74, 6) is 0.885. The molecular weight excluding hydrogens is 324 g/mol. The van der Waals surface area contributed by atoms with E-state index in [0.717, 1.165) is 51.5 Å². The lowest BCUT2D eigenvalue weighted by atomic mass is 10.0. The Labute approximate surface area is 156 Å². The van der Waals surface area contributed by atoms with Gasteiger partial charge >= 0.3 is 0 Å². The fraction of sp³-hybridized carbons (Fsp3) is 0.500. The SMILES string of the molecule is CN=C(NCCn1cc(C)cn1)NC1CCN(Cc2ccccc2)CC1. The fourth-order valence-corrected chi connectivity index (χ4v) is 3.34. The normalized spacial score (nSPS) is 16.6. The van der Waals surface area contributed by atoms with Crippen molar-refractivity contribution in [2.75, 3.05) is 26.7 Å². The molecule has 26 heavy (non-hydrogen) atoms. The second-order valence-electron chi connectivity index (χ2n) is 6.96. The van der Waals surface area contributed by atoms with Gasteiger partial charge in [0.1, 0.15) is 0 Å². The lowest BCUT2D eigenvalue weighted by molar-refractivity contribution is 0.198. The molecule has 0 aliphatic carbocycles. The summed E-state index contributed by atoms with van der Waals surface area (Å²) < 4.78 is 1.96. The van der Waals surface area contributed by atoms with E-state index < -0.39 is 0 Å². The molecule has 1 aromatic carbocycles. The van der Waals surface area contributed by atoms with Crippen LogP contribution in [0, 0.1) is 6.92 Å². The molecule has 2 aromatic rings. The summed E-state index contributed by atoms with van der Waals surface area (Å²) in [6.45, 7) is 7.00. The van der Waals surface area contributed by atoms with Gasteiger partial charge in [0.15, 0.2) is 5.96 Å². The summed E-state index contributed by atoms with van der Waals surface area (Å²) in [5, 5.41) is 11.3. The highest BCUT2D eigenvalue weighted by Crippen LogP contribution is 2.13. The summed E-state index contributed by atoms with van der Waals surface area (Å²) in [6.07, 6.45) is 6.23. The van der Waals surface area contributed by atoms with Crippen LogP contribution in [0.3, 0.4) is 0 Å². The summed E-state index contributed by atoms with van der Waals surface area (Å²) in [4.78, 5) is 6.89. The molecule has 0 spiro atoms. The maximum Gasteiger partial charge on any atom is 0.191 e. The van der Waals surface area contributed by atoms with Crippen molar-refractivity contribution in [1.82, 2.24) is 25.3 Å². The van der Waals surface area contributed by atoms with Crippen molar-refractivity contribution in [2.45, 2.75) is 38.9 Å². The smallest absolute Gasteiger partial charge is 0.191 e. The molecule has 0 atom stereocenters. The van der Waals surface area contributed by atoms with Crippen molar-refractivity contribution in [3.63, 3.8) is 0 Å². The summed E-state index contributed by atoms with van der Waals surface area (Å²) in [7, 11) is 1.83. The average Bonchev–Trinajstić information content (AvgIpc) is 3.08. The number of piperidine rings is 1. The van der Waals surface area contributed by atoms with Crippen LogP contribution in [0.5, 0.6) is 0 Å². The predicted octanol–water partition coefficient (Wildman–Crippen LogP) is 2.02. The van der Waals surface area contributed by atoms with Crippen LogP contribution in [0.2, 0.25) is 0 Å². The van der Waals surface area contributed by atoms with E-state index in [1.165, 1.54) is 11.1 Å². The third kappa shape index (κ3) is 5.59. The number of aryl methyl sites for hydroxylation is 1. The van der Waals surface area contributed by atoms with Crippen molar-refractivity contribution in [1.29, 1.82) is 0 Å². The molecule has 2 N–H and O–H groups in total. The van der Waals surface area contributed by atoms with Gasteiger partial charge in [0.2, 0.25) is 0 Å². The van der Waals surface area contributed by atoms with Gasteiger partial charge < -0.3 is 10.6 Å². The molecule has 140 valence electrons. The first kappa shape index (κ1) is 18.5. The second kappa shape index (κ2) is 9.38. The number of likely N-dealkylation sites (tertiary alicyclic amines) is 1. The Morgan fingerprint density at radius 1 is 1.23 bits per heavy atom. The van der Waals surface area contributed by atoms with E-state index in [1.54, 1.807) is 0 Å². The Kier molecular flexibility index (Phi) is 6.66. The number of nitrogens with one attached hydrogen (secondary N) is 2. The molecule has 0 bridgehead atoms. The molecule has 1 aliphatic rings. The lowest BCUT2D eigenvalue weighted by Gasteiger charge is -2.33. The molecule has 0 radical (unpaired) electrons. The largest absolute Gasteiger partial charge is 0.355 e. The molecule has 1 aliphatic heterocycles. The van der Waals surface area contributed by atoms with E-state index in [2.05, 4.69) is 69.1 Å². The van der Waals surface area contributed by atoms with Crippen LogP contribution in [-0.2, 0) is 13.1 Å². The summed E-state index contributed by atoms with van der Waals surface area (Å²) in [5.41, 5.74) is 2.58. The van der Waals surface area contributed by atoms with Gasteiger partial charge in [-0.15, -0.1) is 0 Å². The molecule has 0 amide bonds. The molecule has 1 saturated heterocycles. The second-order valence-corrected chi connectivity index (χ2v) is 6.96. The quantitative estimate of drug-likeness (QED) is 0.616. The monoisotopic (exact) mass is 354 g/mol. The average molecular weight is 355 g/mol. The van der Waals surface area contributed by atoms with Crippen LogP contribution in [-0.4, -0.2) is 53.4 Å². The highest BCUT2D eigenvalue weighted by molar-refractivity contribution is 5.79. The summed E-state index contributed by atoms with van der Waals surface area (Å²) in [6, 6.07) is 11.2. The van der Waals surface area contributed by atoms with Gasteiger partial charge in [-0.05, 0) is 30.9 Å². The third-order valence-corrected chi connectivity index (χ3v) is 4.80. The van der Waals surface area contributed by atoms with Crippen LogP contribution in [0.1, 0.15) is 24.0 Å². The molecule has 0 unspecified atom stereocenters. The van der Waals surface area contributed by atoms with Crippen molar-refractivity contribution in [3.05, 3.63) is 53.9 Å². The first-order valence-corrected chi connectivity index (χ1v) is 9.45. The first-order chi connectivity index (χ1) is 12.7. The van der Waals surface area contributed by atoms with Crippen molar-refractivity contribution < 1.29 is 0 Å². The minimum atomic E-state index is 0.486. The highest BCUT2D eigenvalue weighted by Gasteiger charge is 2.19. The number of nitrogens with zero attached hydrogens (tertiary/aromatic N) is 4. The van der Waals surface area contributed by atoms with E-state index in [-0.39, 0.29) is 0 Å². The molecule has 0 saturated carbocycles. The van der Waals surface area contributed by atoms with Crippen LogP contribution in [0.4, 0.5) is 0 Å². The molecule has 6 nitrogen and oxygen atoms in total. The first-order valence-electron chi connectivity index (χ1n) is 9.45. The number of rotatable bonds is 6. The van der Waals surface area contributed by atoms with Gasteiger partial charge in [-0.1, -0.05) is 30.3 Å². The molecule has 1 aromatic heterocycles. The maximum atomic E-state index is 4.36. The van der Waals surface area contributed by atoms with E-state index >= 15 is 0 Å². The Hall–Kier alpha value is -2.34. The van der Waals surface area contributed by atoms with Gasteiger partial charge in [-0.2, -0.15) is 5.10 Å². The van der Waals surface area contributed by atoms with Crippen LogP contribution >= 0.6 is 0 Å². The predicted molar refractivity (Wildman–Crippen MR) is 106 cm³/mol. The van der Waals surface area contributed by atoms with Crippen LogP contribution in [0.25, 0.3) is 0 Å². The van der Waals surface area contributed by atoms with Crippen molar-refractivity contribution in [3.8, 4) is 0 Å². The molecule has 6 heteroatoms. The zero-order valence-corrected chi connectivity index (χ0v) is 15.9. The lowest BCUT2D eigenvalue weighted by Crippen LogP contribution is -2.49. The van der Waals surface area contributed by atoms with Crippen molar-refractivity contribution >= 4 is 5.96 Å². The number of hydrogen-bond acceptors (Lipinski definition) is 3. The minimum absolute atomic E-state index is 0.486. The van der Waals surface area contributed by atoms with Crippen LogP contribution < -0.4 is 10.6 Å². The van der Waals surface area contributed by atoms with E-state index in [1.807, 2.05) is 17.9 Å². The van der Waals surface area contributed by atoms with Gasteiger partial charge in [0.05, 0.1) is 12.7 Å². The minimum Gasteiger partial charge on any atom is -0.355 e. The van der Waals surface area contributed by atoms with E-state index in [9.17, 15) is 0 Å². The van der Waals surface area contributed by atoms with E-state index in [4.69, 9.17) is 0 Å². The highest BCUT2D eigenvalue weighted by atomic mass is 15.3. The zero-order valence-electron chi connectivity index (χ0n) is 15.9. The molecular formula is C20H30N6. The third-order valence-electron chi connectivity index (χ3n) is 4.80. The van der Waals surface area contributed by atoms with Crippen molar-refractivity contribution in [2.24, 2.45) is 4.99 Å². The number of aromatic nitrogens is 2.